The van der Waals surface area contributed by atoms with E-state index in [0.29, 0.717) is 0 Å². The highest BCUT2D eigenvalue weighted by atomic mass is 32.2. The van der Waals surface area contributed by atoms with Crippen molar-refractivity contribution >= 4 is 10.0 Å². The van der Waals surface area contributed by atoms with Gasteiger partial charge in [0.05, 0.1) is 5.69 Å². The number of hydrogen-bond donors (Lipinski definition) is 2. The number of hydrogen-bond acceptors (Lipinski definition) is 4. The highest BCUT2D eigenvalue weighted by Gasteiger charge is 2.26. The summed E-state index contributed by atoms with van der Waals surface area (Å²) in [6.07, 6.45) is 1.40. The van der Waals surface area contributed by atoms with Crippen molar-refractivity contribution in [2.24, 2.45) is 5.14 Å². The Kier molecular flexibility index (Phi) is 2.62. The summed E-state index contributed by atoms with van der Waals surface area (Å²) in [5.74, 6) is 0. The maximum absolute atomic E-state index is 11.1. The summed E-state index contributed by atoms with van der Waals surface area (Å²) in [6, 6.07) is 2.77. The fourth-order valence-corrected chi connectivity index (χ4v) is 1.92. The van der Waals surface area contributed by atoms with E-state index in [2.05, 4.69) is 4.98 Å². The summed E-state index contributed by atoms with van der Waals surface area (Å²) in [5.41, 5.74) is -1.27. The van der Waals surface area contributed by atoms with Crippen LogP contribution in [0.15, 0.2) is 23.2 Å². The van der Waals surface area contributed by atoms with Crippen molar-refractivity contribution < 1.29 is 13.5 Å². The van der Waals surface area contributed by atoms with Gasteiger partial charge in [0, 0.05) is 6.20 Å². The molecule has 0 amide bonds. The third-order valence-electron chi connectivity index (χ3n) is 1.66. The van der Waals surface area contributed by atoms with Crippen LogP contribution in [0.5, 0.6) is 0 Å². The van der Waals surface area contributed by atoms with Crippen molar-refractivity contribution in [1.82, 2.24) is 4.98 Å². The zero-order chi connectivity index (χ0) is 11.0. The number of rotatable bonds is 2. The molecule has 14 heavy (non-hydrogen) atoms. The molecule has 0 saturated carbocycles. The topological polar surface area (TPSA) is 93.3 Å². The molecule has 0 saturated heterocycles. The molecule has 0 fully saturated rings. The minimum absolute atomic E-state index is 0.0579. The van der Waals surface area contributed by atoms with Crippen molar-refractivity contribution in [3.8, 4) is 0 Å². The first kappa shape index (κ1) is 11.1. The van der Waals surface area contributed by atoms with Gasteiger partial charge in [0.2, 0.25) is 10.0 Å². The van der Waals surface area contributed by atoms with E-state index in [4.69, 9.17) is 5.14 Å². The van der Waals surface area contributed by atoms with Crippen LogP contribution in [0.1, 0.15) is 19.5 Å². The Bertz CT molecular complexity index is 434. The Balaban J connectivity index is 3.47. The summed E-state index contributed by atoms with van der Waals surface area (Å²) >= 11 is 0. The third-order valence-corrected chi connectivity index (χ3v) is 2.60. The quantitative estimate of drug-likeness (QED) is 0.725. The minimum atomic E-state index is -3.84. The molecule has 0 spiro atoms. The number of sulfonamides is 1. The number of aliphatic hydroxyl groups is 1. The molecule has 1 aromatic rings. The first-order valence-electron chi connectivity index (χ1n) is 3.93. The summed E-state index contributed by atoms with van der Waals surface area (Å²) in [7, 11) is -3.84. The van der Waals surface area contributed by atoms with Gasteiger partial charge in [-0.05, 0) is 26.0 Å². The molecular formula is C8H12N2O3S. The average Bonchev–Trinajstić information content (AvgIpc) is 2.01. The second-order valence-corrected chi connectivity index (χ2v) is 4.98. The lowest BCUT2D eigenvalue weighted by atomic mass is 10.1. The molecule has 0 aliphatic rings. The lowest BCUT2D eigenvalue weighted by Crippen LogP contribution is -2.24. The fourth-order valence-electron chi connectivity index (χ4n) is 1.08. The Morgan fingerprint density at radius 3 is 2.43 bits per heavy atom. The van der Waals surface area contributed by atoms with Crippen LogP contribution in [-0.4, -0.2) is 18.5 Å². The highest BCUT2D eigenvalue weighted by Crippen LogP contribution is 2.23. The van der Waals surface area contributed by atoms with Crippen LogP contribution in [0.2, 0.25) is 0 Å². The monoisotopic (exact) mass is 216 g/mol. The van der Waals surface area contributed by atoms with E-state index < -0.39 is 15.6 Å². The molecule has 0 aliphatic heterocycles. The summed E-state index contributed by atoms with van der Waals surface area (Å²) in [5, 5.41) is 14.6. The molecule has 1 heterocycles. The molecule has 3 N–H and O–H groups in total. The van der Waals surface area contributed by atoms with E-state index in [-0.39, 0.29) is 10.6 Å². The molecule has 5 nitrogen and oxygen atoms in total. The number of nitrogens with zero attached hydrogens (tertiary/aromatic N) is 1. The zero-order valence-electron chi connectivity index (χ0n) is 7.93. The van der Waals surface area contributed by atoms with Gasteiger partial charge in [0.25, 0.3) is 0 Å². The molecule has 0 radical (unpaired) electrons. The molecule has 78 valence electrons. The molecule has 0 unspecified atom stereocenters. The maximum Gasteiger partial charge on any atom is 0.239 e. The standard InChI is InChI=1S/C8H12N2O3S/c1-8(2,11)7-6(14(9,12)13)4-3-5-10-7/h3-5,11H,1-2H3,(H2,9,12,13). The predicted molar refractivity (Wildman–Crippen MR) is 50.9 cm³/mol. The van der Waals surface area contributed by atoms with Gasteiger partial charge in [-0.3, -0.25) is 4.98 Å². The van der Waals surface area contributed by atoms with Crippen molar-refractivity contribution in [2.75, 3.05) is 0 Å². The highest BCUT2D eigenvalue weighted by molar-refractivity contribution is 7.89. The Morgan fingerprint density at radius 1 is 1.50 bits per heavy atom. The van der Waals surface area contributed by atoms with Crippen LogP contribution in [0, 0.1) is 0 Å². The van der Waals surface area contributed by atoms with Crippen LogP contribution in [0.3, 0.4) is 0 Å². The van der Waals surface area contributed by atoms with Crippen LogP contribution in [0.25, 0.3) is 0 Å². The van der Waals surface area contributed by atoms with E-state index in [0.717, 1.165) is 0 Å². The molecule has 6 heteroatoms. The van der Waals surface area contributed by atoms with Crippen molar-refractivity contribution in [3.05, 3.63) is 24.0 Å². The SMILES string of the molecule is CC(C)(O)c1ncccc1S(N)(=O)=O. The first-order chi connectivity index (χ1) is 6.23. The summed E-state index contributed by atoms with van der Waals surface area (Å²) in [6.45, 7) is 2.90. The van der Waals surface area contributed by atoms with Gasteiger partial charge >= 0.3 is 0 Å². The molecule has 0 aromatic carbocycles. The number of primary sulfonamides is 1. The third kappa shape index (κ3) is 2.28. The zero-order valence-corrected chi connectivity index (χ0v) is 8.75. The lowest BCUT2D eigenvalue weighted by molar-refractivity contribution is 0.0705. The first-order valence-corrected chi connectivity index (χ1v) is 5.48. The normalized spacial score (nSPS) is 12.9. The maximum atomic E-state index is 11.1. The van der Waals surface area contributed by atoms with Gasteiger partial charge < -0.3 is 5.11 Å². The smallest absolute Gasteiger partial charge is 0.239 e. The summed E-state index contributed by atoms with van der Waals surface area (Å²) in [4.78, 5) is 3.66. The second kappa shape index (κ2) is 3.30. The fraction of sp³-hybridized carbons (Fsp3) is 0.375. The molecule has 1 aromatic heterocycles. The van der Waals surface area contributed by atoms with Crippen LogP contribution in [0.4, 0.5) is 0 Å². The molecule has 0 bridgehead atoms. The average molecular weight is 216 g/mol. The van der Waals surface area contributed by atoms with E-state index in [1.165, 1.54) is 32.2 Å². The van der Waals surface area contributed by atoms with Gasteiger partial charge in [-0.1, -0.05) is 0 Å². The van der Waals surface area contributed by atoms with Gasteiger partial charge in [0.1, 0.15) is 10.5 Å². The lowest BCUT2D eigenvalue weighted by Gasteiger charge is -2.18. The largest absolute Gasteiger partial charge is 0.384 e. The van der Waals surface area contributed by atoms with E-state index >= 15 is 0 Å². The van der Waals surface area contributed by atoms with Crippen LogP contribution in [-0.2, 0) is 15.6 Å². The minimum Gasteiger partial charge on any atom is -0.384 e. The Labute approximate surface area is 82.6 Å². The van der Waals surface area contributed by atoms with E-state index in [9.17, 15) is 13.5 Å². The van der Waals surface area contributed by atoms with Crippen LogP contribution < -0.4 is 5.14 Å². The van der Waals surface area contributed by atoms with Gasteiger partial charge in [-0.2, -0.15) is 0 Å². The summed E-state index contributed by atoms with van der Waals surface area (Å²) < 4.78 is 22.3. The molecule has 0 atom stereocenters. The number of nitrogens with two attached hydrogens (primary N) is 1. The Morgan fingerprint density at radius 2 is 2.07 bits per heavy atom. The molecule has 1 rings (SSSR count). The van der Waals surface area contributed by atoms with Crippen LogP contribution >= 0.6 is 0 Å². The van der Waals surface area contributed by atoms with Gasteiger partial charge in [-0.25, -0.2) is 13.6 Å². The van der Waals surface area contributed by atoms with Gasteiger partial charge in [0.15, 0.2) is 0 Å². The molecule has 0 aliphatic carbocycles. The van der Waals surface area contributed by atoms with Crippen molar-refractivity contribution in [3.63, 3.8) is 0 Å². The van der Waals surface area contributed by atoms with Crippen molar-refractivity contribution in [2.45, 2.75) is 24.3 Å². The second-order valence-electron chi connectivity index (χ2n) is 3.45. The van der Waals surface area contributed by atoms with Gasteiger partial charge in [-0.15, -0.1) is 0 Å². The number of pyridine rings is 1. The predicted octanol–water partition coefficient (Wildman–Crippen LogP) is -0.0436. The van der Waals surface area contributed by atoms with Crippen molar-refractivity contribution in [1.29, 1.82) is 0 Å². The van der Waals surface area contributed by atoms with E-state index in [1.807, 2.05) is 0 Å². The van der Waals surface area contributed by atoms with E-state index in [1.54, 1.807) is 0 Å². The molecular weight excluding hydrogens is 204 g/mol. The Hall–Kier alpha value is -0.980. The number of aromatic nitrogens is 1.